The number of hydrogen-bond acceptors (Lipinski definition) is 5. The summed E-state index contributed by atoms with van der Waals surface area (Å²) in [4.78, 5) is 12.1. The number of nitrogens with one attached hydrogen (secondary N) is 1. The third-order valence-corrected chi connectivity index (χ3v) is 5.06. The molecule has 0 spiro atoms. The van der Waals surface area contributed by atoms with Gasteiger partial charge in [-0.1, -0.05) is 47.1 Å². The minimum Gasteiger partial charge on any atom is -0.496 e. The number of nitrogens with zero attached hydrogens (tertiary/aromatic N) is 2. The molecular formula is C19H15Cl2N3O2S. The van der Waals surface area contributed by atoms with Crippen LogP contribution in [0, 0.1) is 0 Å². The molecule has 138 valence electrons. The van der Waals surface area contributed by atoms with Crippen LogP contribution < -0.4 is 10.1 Å². The quantitative estimate of drug-likeness (QED) is 0.556. The van der Waals surface area contributed by atoms with Gasteiger partial charge in [0.25, 0.3) is 0 Å². The SMILES string of the molecule is COc1ccccc1-c1ccc(SCC(=O)Nc2cc(Cl)ccc2Cl)nn1. The minimum absolute atomic E-state index is 0.172. The van der Waals surface area contributed by atoms with Crippen LogP contribution in [0.4, 0.5) is 5.69 Å². The monoisotopic (exact) mass is 419 g/mol. The molecule has 5 nitrogen and oxygen atoms in total. The van der Waals surface area contributed by atoms with Crippen molar-refractivity contribution in [2.45, 2.75) is 5.03 Å². The second-order valence-corrected chi connectivity index (χ2v) is 7.26. The van der Waals surface area contributed by atoms with Gasteiger partial charge in [0, 0.05) is 10.6 Å². The summed E-state index contributed by atoms with van der Waals surface area (Å²) in [5, 5.41) is 12.7. The summed E-state index contributed by atoms with van der Waals surface area (Å²) in [6.07, 6.45) is 0. The average Bonchev–Trinajstić information content (AvgIpc) is 2.69. The number of anilines is 1. The van der Waals surface area contributed by atoms with Crippen LogP contribution in [-0.4, -0.2) is 29.0 Å². The molecule has 1 amide bonds. The maximum atomic E-state index is 12.1. The van der Waals surface area contributed by atoms with Gasteiger partial charge in [-0.2, -0.15) is 0 Å². The van der Waals surface area contributed by atoms with Gasteiger partial charge in [0.05, 0.1) is 29.3 Å². The fraction of sp³-hybridized carbons (Fsp3) is 0.105. The van der Waals surface area contributed by atoms with Crippen molar-refractivity contribution in [3.8, 4) is 17.0 Å². The van der Waals surface area contributed by atoms with Crippen molar-refractivity contribution in [1.29, 1.82) is 0 Å². The van der Waals surface area contributed by atoms with Gasteiger partial charge < -0.3 is 10.1 Å². The Bertz CT molecular complexity index is 952. The summed E-state index contributed by atoms with van der Waals surface area (Å²) >= 11 is 13.2. The standard InChI is InChI=1S/C19H15Cl2N3O2S/c1-26-17-5-3-2-4-13(17)15-8-9-19(24-23-15)27-11-18(25)22-16-10-12(20)6-7-14(16)21/h2-10H,11H2,1H3,(H,22,25). The molecule has 1 heterocycles. The smallest absolute Gasteiger partial charge is 0.234 e. The van der Waals surface area contributed by atoms with Crippen molar-refractivity contribution >= 4 is 46.6 Å². The van der Waals surface area contributed by atoms with Crippen LogP contribution >= 0.6 is 35.0 Å². The lowest BCUT2D eigenvalue weighted by atomic mass is 10.1. The summed E-state index contributed by atoms with van der Waals surface area (Å²) < 4.78 is 5.34. The van der Waals surface area contributed by atoms with Crippen LogP contribution in [0.25, 0.3) is 11.3 Å². The first kappa shape index (κ1) is 19.5. The van der Waals surface area contributed by atoms with E-state index in [9.17, 15) is 4.79 Å². The number of carbonyl (C=O) groups excluding carboxylic acids is 1. The molecule has 0 saturated carbocycles. The van der Waals surface area contributed by atoms with Crippen molar-refractivity contribution in [2.24, 2.45) is 0 Å². The first-order valence-electron chi connectivity index (χ1n) is 7.91. The van der Waals surface area contributed by atoms with Gasteiger partial charge in [-0.05, 0) is 42.5 Å². The van der Waals surface area contributed by atoms with E-state index in [1.54, 1.807) is 25.3 Å². The van der Waals surface area contributed by atoms with Gasteiger partial charge in [-0.3, -0.25) is 4.79 Å². The van der Waals surface area contributed by atoms with Crippen LogP contribution in [-0.2, 0) is 4.79 Å². The molecule has 27 heavy (non-hydrogen) atoms. The van der Waals surface area contributed by atoms with E-state index < -0.39 is 0 Å². The van der Waals surface area contributed by atoms with E-state index in [4.69, 9.17) is 27.9 Å². The molecule has 0 aliphatic rings. The van der Waals surface area contributed by atoms with E-state index in [0.717, 1.165) is 11.3 Å². The van der Waals surface area contributed by atoms with Crippen LogP contribution in [0.5, 0.6) is 5.75 Å². The number of methoxy groups -OCH3 is 1. The number of carbonyl (C=O) groups is 1. The Morgan fingerprint density at radius 2 is 1.93 bits per heavy atom. The third kappa shape index (κ3) is 5.13. The highest BCUT2D eigenvalue weighted by Gasteiger charge is 2.10. The molecular weight excluding hydrogens is 405 g/mol. The Morgan fingerprint density at radius 1 is 1.11 bits per heavy atom. The van der Waals surface area contributed by atoms with Gasteiger partial charge in [0.1, 0.15) is 10.8 Å². The molecule has 0 radical (unpaired) electrons. The minimum atomic E-state index is -0.209. The maximum absolute atomic E-state index is 12.1. The lowest BCUT2D eigenvalue weighted by molar-refractivity contribution is -0.113. The second-order valence-electron chi connectivity index (χ2n) is 5.42. The number of hydrogen-bond donors (Lipinski definition) is 1. The number of rotatable bonds is 6. The molecule has 8 heteroatoms. The lowest BCUT2D eigenvalue weighted by Crippen LogP contribution is -2.14. The highest BCUT2D eigenvalue weighted by Crippen LogP contribution is 2.29. The van der Waals surface area contributed by atoms with Gasteiger partial charge in [-0.15, -0.1) is 10.2 Å². The van der Waals surface area contributed by atoms with Gasteiger partial charge in [0.2, 0.25) is 5.91 Å². The molecule has 0 atom stereocenters. The summed E-state index contributed by atoms with van der Waals surface area (Å²) in [6.45, 7) is 0. The first-order chi connectivity index (χ1) is 13.1. The number of halogens is 2. The van der Waals surface area contributed by atoms with E-state index >= 15 is 0 Å². The Hall–Kier alpha value is -2.28. The molecule has 0 saturated heterocycles. The number of benzene rings is 2. The van der Waals surface area contributed by atoms with E-state index in [2.05, 4.69) is 15.5 Å². The van der Waals surface area contributed by atoms with Crippen LogP contribution in [0.15, 0.2) is 59.6 Å². The molecule has 0 fully saturated rings. The number of para-hydroxylation sites is 1. The van der Waals surface area contributed by atoms with Crippen molar-refractivity contribution in [3.05, 3.63) is 64.6 Å². The number of thioether (sulfide) groups is 1. The Labute approximate surface area is 171 Å². The van der Waals surface area contributed by atoms with Crippen molar-refractivity contribution < 1.29 is 9.53 Å². The molecule has 0 bridgehead atoms. The van der Waals surface area contributed by atoms with Gasteiger partial charge in [-0.25, -0.2) is 0 Å². The molecule has 0 aliphatic heterocycles. The normalized spacial score (nSPS) is 10.5. The third-order valence-electron chi connectivity index (χ3n) is 3.58. The summed E-state index contributed by atoms with van der Waals surface area (Å²) in [6, 6.07) is 16.1. The topological polar surface area (TPSA) is 64.1 Å². The Kier molecular flexibility index (Phi) is 6.55. The molecule has 1 N–H and O–H groups in total. The molecule has 2 aromatic carbocycles. The zero-order chi connectivity index (χ0) is 19.2. The maximum Gasteiger partial charge on any atom is 0.234 e. The Balaban J connectivity index is 1.62. The highest BCUT2D eigenvalue weighted by molar-refractivity contribution is 7.99. The molecule has 3 rings (SSSR count). The Morgan fingerprint density at radius 3 is 2.67 bits per heavy atom. The van der Waals surface area contributed by atoms with Crippen molar-refractivity contribution in [1.82, 2.24) is 10.2 Å². The number of ether oxygens (including phenoxy) is 1. The lowest BCUT2D eigenvalue weighted by Gasteiger charge is -2.08. The fourth-order valence-electron chi connectivity index (χ4n) is 2.32. The van der Waals surface area contributed by atoms with Crippen LogP contribution in [0.1, 0.15) is 0 Å². The zero-order valence-electron chi connectivity index (χ0n) is 14.3. The zero-order valence-corrected chi connectivity index (χ0v) is 16.6. The molecule has 3 aromatic rings. The number of amides is 1. The van der Waals surface area contributed by atoms with E-state index in [1.165, 1.54) is 11.8 Å². The van der Waals surface area contributed by atoms with E-state index in [-0.39, 0.29) is 11.7 Å². The van der Waals surface area contributed by atoms with Crippen molar-refractivity contribution in [3.63, 3.8) is 0 Å². The summed E-state index contributed by atoms with van der Waals surface area (Å²) in [7, 11) is 1.61. The highest BCUT2D eigenvalue weighted by atomic mass is 35.5. The van der Waals surface area contributed by atoms with Crippen LogP contribution in [0.2, 0.25) is 10.0 Å². The molecule has 0 aliphatic carbocycles. The summed E-state index contributed by atoms with van der Waals surface area (Å²) in [5.74, 6) is 0.690. The van der Waals surface area contributed by atoms with Gasteiger partial charge in [0.15, 0.2) is 0 Å². The largest absolute Gasteiger partial charge is 0.496 e. The number of aromatic nitrogens is 2. The predicted molar refractivity (Wildman–Crippen MR) is 110 cm³/mol. The summed E-state index contributed by atoms with van der Waals surface area (Å²) in [5.41, 5.74) is 2.04. The molecule has 1 aromatic heterocycles. The van der Waals surface area contributed by atoms with Crippen LogP contribution in [0.3, 0.4) is 0 Å². The van der Waals surface area contributed by atoms with E-state index in [1.807, 2.05) is 36.4 Å². The fourth-order valence-corrected chi connectivity index (χ4v) is 3.27. The van der Waals surface area contributed by atoms with E-state index in [0.29, 0.717) is 26.5 Å². The first-order valence-corrected chi connectivity index (χ1v) is 9.66. The average molecular weight is 420 g/mol. The van der Waals surface area contributed by atoms with Gasteiger partial charge >= 0.3 is 0 Å². The predicted octanol–water partition coefficient (Wildman–Crippen LogP) is 5.19. The van der Waals surface area contributed by atoms with Crippen molar-refractivity contribution in [2.75, 3.05) is 18.2 Å². The second kappa shape index (κ2) is 9.08. The molecule has 0 unspecified atom stereocenters.